The van der Waals surface area contributed by atoms with Crippen molar-refractivity contribution < 1.29 is 0 Å². The monoisotopic (exact) mass is 312 g/mol. The molecule has 21 heavy (non-hydrogen) atoms. The molecule has 0 aliphatic heterocycles. The van der Waals surface area contributed by atoms with Crippen LogP contribution in [0.2, 0.25) is 5.02 Å². The molecule has 2 aromatic heterocycles. The van der Waals surface area contributed by atoms with Crippen molar-refractivity contribution >= 4 is 43.9 Å². The van der Waals surface area contributed by atoms with Crippen molar-refractivity contribution in [2.24, 2.45) is 0 Å². The van der Waals surface area contributed by atoms with Crippen molar-refractivity contribution in [3.8, 4) is 5.69 Å². The summed E-state index contributed by atoms with van der Waals surface area (Å²) in [7, 11) is 0. The number of halogens is 1. The van der Waals surface area contributed by atoms with E-state index >= 15 is 0 Å². The second-order valence-electron chi connectivity index (χ2n) is 4.70. The first-order valence-corrected chi connectivity index (χ1v) is 7.59. The highest BCUT2D eigenvalue weighted by Gasteiger charge is 2.10. The fourth-order valence-electron chi connectivity index (χ4n) is 2.35. The van der Waals surface area contributed by atoms with E-state index in [0.717, 1.165) is 21.3 Å². The molecule has 102 valence electrons. The molecule has 0 aliphatic rings. The summed E-state index contributed by atoms with van der Waals surface area (Å²) in [5, 5.41) is 6.91. The molecule has 0 aliphatic carbocycles. The molecule has 0 saturated carbocycles. The van der Waals surface area contributed by atoms with E-state index in [0.29, 0.717) is 10.4 Å². The van der Waals surface area contributed by atoms with Gasteiger partial charge in [0.2, 0.25) is 4.74 Å². The third-order valence-electron chi connectivity index (χ3n) is 3.37. The number of hydrogen-bond acceptors (Lipinski definition) is 3. The Hall–Kier alpha value is -2.17. The molecule has 5 heteroatoms. The molecule has 0 amide bonds. The highest BCUT2D eigenvalue weighted by molar-refractivity contribution is 7.16. The lowest BCUT2D eigenvalue weighted by Gasteiger charge is -2.00. The third-order valence-corrected chi connectivity index (χ3v) is 4.60. The quantitative estimate of drug-likeness (QED) is 0.526. The lowest BCUT2D eigenvalue weighted by atomic mass is 10.2. The number of rotatable bonds is 1. The van der Waals surface area contributed by atoms with Gasteiger partial charge in [0.15, 0.2) is 0 Å². The summed E-state index contributed by atoms with van der Waals surface area (Å²) < 4.78 is 2.71. The van der Waals surface area contributed by atoms with Gasteiger partial charge in [-0.15, -0.1) is 0 Å². The van der Waals surface area contributed by atoms with E-state index in [-0.39, 0.29) is 4.74 Å². The lowest BCUT2D eigenvalue weighted by molar-refractivity contribution is 0.898. The van der Waals surface area contributed by atoms with Crippen LogP contribution in [-0.2, 0) is 0 Å². The minimum Gasteiger partial charge on any atom is -0.277 e. The smallest absolute Gasteiger partial charge is 0.243 e. The third kappa shape index (κ3) is 2.04. The second-order valence-corrected chi connectivity index (χ2v) is 6.15. The van der Waals surface area contributed by atoms with Crippen LogP contribution in [0.5, 0.6) is 0 Å². The van der Waals surface area contributed by atoms with Gasteiger partial charge in [-0.2, -0.15) is 5.10 Å². The van der Waals surface area contributed by atoms with E-state index in [9.17, 15) is 4.79 Å². The Balaban J connectivity index is 2.05. The average molecular weight is 313 g/mol. The predicted octanol–water partition coefficient (Wildman–Crippen LogP) is 4.25. The Bertz CT molecular complexity index is 1020. The summed E-state index contributed by atoms with van der Waals surface area (Å²) in [6.07, 6.45) is 1.78. The van der Waals surface area contributed by atoms with Crippen molar-refractivity contribution in [2.75, 3.05) is 0 Å². The lowest BCUT2D eigenvalue weighted by Crippen LogP contribution is -1.93. The SMILES string of the molecule is O=c1sc2ccccc2c2nn(-c3ccc(Cl)cc3)cc12. The van der Waals surface area contributed by atoms with Crippen molar-refractivity contribution in [2.45, 2.75) is 0 Å². The molecule has 0 N–H and O–H groups in total. The largest absolute Gasteiger partial charge is 0.277 e. The van der Waals surface area contributed by atoms with Gasteiger partial charge in [0.05, 0.1) is 11.1 Å². The summed E-state index contributed by atoms with van der Waals surface area (Å²) in [5.41, 5.74) is 1.62. The number of nitrogens with zero attached hydrogens (tertiary/aromatic N) is 2. The molecule has 0 bridgehead atoms. The Labute approximate surface area is 129 Å². The van der Waals surface area contributed by atoms with Gasteiger partial charge in [-0.1, -0.05) is 41.1 Å². The van der Waals surface area contributed by atoms with Crippen LogP contribution < -0.4 is 4.74 Å². The standard InChI is InChI=1S/C16H9ClN2OS/c17-10-5-7-11(8-6-10)19-9-13-15(18-19)12-3-1-2-4-14(12)21-16(13)20/h1-9H. The van der Waals surface area contributed by atoms with Gasteiger partial charge in [0.1, 0.15) is 5.52 Å². The topological polar surface area (TPSA) is 34.9 Å². The van der Waals surface area contributed by atoms with Gasteiger partial charge in [-0.25, -0.2) is 4.68 Å². The maximum absolute atomic E-state index is 12.2. The molecule has 4 aromatic rings. The molecular weight excluding hydrogens is 304 g/mol. The molecule has 0 atom stereocenters. The number of hydrogen-bond donors (Lipinski definition) is 0. The van der Waals surface area contributed by atoms with E-state index in [2.05, 4.69) is 5.10 Å². The normalized spacial score (nSPS) is 11.3. The predicted molar refractivity (Wildman–Crippen MR) is 87.7 cm³/mol. The van der Waals surface area contributed by atoms with Crippen LogP contribution in [-0.4, -0.2) is 9.78 Å². The number of fused-ring (bicyclic) bond motifs is 3. The first-order chi connectivity index (χ1) is 10.2. The maximum atomic E-state index is 12.2. The average Bonchev–Trinajstić information content (AvgIpc) is 2.94. The molecule has 0 unspecified atom stereocenters. The molecule has 0 radical (unpaired) electrons. The van der Waals surface area contributed by atoms with Crippen LogP contribution in [0.1, 0.15) is 0 Å². The number of benzene rings is 2. The summed E-state index contributed by atoms with van der Waals surface area (Å²) in [4.78, 5) is 12.2. The highest BCUT2D eigenvalue weighted by Crippen LogP contribution is 2.25. The molecule has 4 rings (SSSR count). The van der Waals surface area contributed by atoms with Crippen molar-refractivity contribution in [1.29, 1.82) is 0 Å². The van der Waals surface area contributed by atoms with Crippen molar-refractivity contribution in [3.63, 3.8) is 0 Å². The zero-order chi connectivity index (χ0) is 14.4. The molecule has 0 saturated heterocycles. The van der Waals surface area contributed by atoms with Crippen molar-refractivity contribution in [3.05, 3.63) is 69.3 Å². The fourth-order valence-corrected chi connectivity index (χ4v) is 3.36. The van der Waals surface area contributed by atoms with Gasteiger partial charge in [-0.3, -0.25) is 4.79 Å². The zero-order valence-corrected chi connectivity index (χ0v) is 12.4. The second kappa shape index (κ2) is 4.69. The first kappa shape index (κ1) is 12.6. The first-order valence-electron chi connectivity index (χ1n) is 6.39. The molecular formula is C16H9ClN2OS. The van der Waals surface area contributed by atoms with E-state index in [4.69, 9.17) is 11.6 Å². The Morgan fingerprint density at radius 2 is 1.76 bits per heavy atom. The van der Waals surface area contributed by atoms with Crippen molar-refractivity contribution in [1.82, 2.24) is 9.78 Å². The van der Waals surface area contributed by atoms with Crippen LogP contribution >= 0.6 is 22.9 Å². The van der Waals surface area contributed by atoms with Gasteiger partial charge in [0.25, 0.3) is 0 Å². The Morgan fingerprint density at radius 3 is 2.57 bits per heavy atom. The Kier molecular flexibility index (Phi) is 2.80. The summed E-state index contributed by atoms with van der Waals surface area (Å²) in [6, 6.07) is 15.2. The molecule has 0 spiro atoms. The van der Waals surface area contributed by atoms with E-state index in [1.54, 1.807) is 10.9 Å². The van der Waals surface area contributed by atoms with Gasteiger partial charge < -0.3 is 0 Å². The maximum Gasteiger partial charge on any atom is 0.243 e. The minimum atomic E-state index is 0.0314. The van der Waals surface area contributed by atoms with Crippen LogP contribution in [0, 0.1) is 0 Å². The molecule has 2 heterocycles. The van der Waals surface area contributed by atoms with E-state index in [1.165, 1.54) is 11.3 Å². The van der Waals surface area contributed by atoms with E-state index < -0.39 is 0 Å². The number of aromatic nitrogens is 2. The summed E-state index contributed by atoms with van der Waals surface area (Å²) >= 11 is 7.16. The summed E-state index contributed by atoms with van der Waals surface area (Å²) in [6.45, 7) is 0. The Morgan fingerprint density at radius 1 is 1.00 bits per heavy atom. The minimum absolute atomic E-state index is 0.0314. The van der Waals surface area contributed by atoms with E-state index in [1.807, 2.05) is 48.5 Å². The summed E-state index contributed by atoms with van der Waals surface area (Å²) in [5.74, 6) is 0. The van der Waals surface area contributed by atoms with Gasteiger partial charge in [0, 0.05) is 21.3 Å². The zero-order valence-electron chi connectivity index (χ0n) is 10.8. The van der Waals surface area contributed by atoms with Crippen LogP contribution in [0.3, 0.4) is 0 Å². The molecule has 2 aromatic carbocycles. The van der Waals surface area contributed by atoms with Crippen LogP contribution in [0.4, 0.5) is 0 Å². The fraction of sp³-hybridized carbons (Fsp3) is 0. The molecule has 0 fully saturated rings. The van der Waals surface area contributed by atoms with Gasteiger partial charge >= 0.3 is 0 Å². The molecule has 3 nitrogen and oxygen atoms in total. The van der Waals surface area contributed by atoms with Crippen LogP contribution in [0.15, 0.2) is 59.5 Å². The highest BCUT2D eigenvalue weighted by atomic mass is 35.5. The van der Waals surface area contributed by atoms with Gasteiger partial charge in [-0.05, 0) is 30.3 Å². The van der Waals surface area contributed by atoms with Crippen LogP contribution in [0.25, 0.3) is 26.7 Å².